The number of para-hydroxylation sites is 1. The van der Waals surface area contributed by atoms with Crippen molar-refractivity contribution >= 4 is 5.69 Å². The SMILES string of the molecule is CCNCc1ccccc1N1CCCC(C)CC1. The third-order valence-electron chi connectivity index (χ3n) is 3.91. The highest BCUT2D eigenvalue weighted by molar-refractivity contribution is 5.53. The van der Waals surface area contributed by atoms with E-state index in [0.29, 0.717) is 0 Å². The van der Waals surface area contributed by atoms with E-state index in [0.717, 1.165) is 19.0 Å². The van der Waals surface area contributed by atoms with Crippen LogP contribution in [-0.4, -0.2) is 19.6 Å². The van der Waals surface area contributed by atoms with E-state index in [1.165, 1.54) is 43.6 Å². The molecule has 0 spiro atoms. The summed E-state index contributed by atoms with van der Waals surface area (Å²) in [6.45, 7) is 8.99. The first kappa shape index (κ1) is 13.4. The fourth-order valence-electron chi connectivity index (χ4n) is 2.73. The summed E-state index contributed by atoms with van der Waals surface area (Å²) < 4.78 is 0. The van der Waals surface area contributed by atoms with Crippen molar-refractivity contribution in [2.75, 3.05) is 24.5 Å². The van der Waals surface area contributed by atoms with Gasteiger partial charge >= 0.3 is 0 Å². The Morgan fingerprint density at radius 2 is 2.06 bits per heavy atom. The van der Waals surface area contributed by atoms with Gasteiger partial charge in [0.2, 0.25) is 0 Å². The Hall–Kier alpha value is -1.02. The molecule has 2 rings (SSSR count). The van der Waals surface area contributed by atoms with Crippen LogP contribution in [0.1, 0.15) is 38.7 Å². The summed E-state index contributed by atoms with van der Waals surface area (Å²) in [7, 11) is 0. The minimum Gasteiger partial charge on any atom is -0.371 e. The Morgan fingerprint density at radius 3 is 2.89 bits per heavy atom. The van der Waals surface area contributed by atoms with Gasteiger partial charge in [0.1, 0.15) is 0 Å². The zero-order chi connectivity index (χ0) is 12.8. The summed E-state index contributed by atoms with van der Waals surface area (Å²) in [4.78, 5) is 2.58. The lowest BCUT2D eigenvalue weighted by molar-refractivity contribution is 0.521. The molecule has 1 aromatic rings. The third kappa shape index (κ3) is 3.49. The van der Waals surface area contributed by atoms with Crippen LogP contribution in [0.2, 0.25) is 0 Å². The van der Waals surface area contributed by atoms with Gasteiger partial charge in [-0.05, 0) is 43.4 Å². The van der Waals surface area contributed by atoms with Gasteiger partial charge in [0.15, 0.2) is 0 Å². The number of rotatable bonds is 4. The summed E-state index contributed by atoms with van der Waals surface area (Å²) in [6.07, 6.45) is 4.04. The average Bonchev–Trinajstić information content (AvgIpc) is 2.61. The van der Waals surface area contributed by atoms with Crippen LogP contribution in [0.15, 0.2) is 24.3 Å². The van der Waals surface area contributed by atoms with Crippen LogP contribution < -0.4 is 10.2 Å². The molecule has 2 heteroatoms. The second-order valence-electron chi connectivity index (χ2n) is 5.43. The molecule has 100 valence electrons. The minimum atomic E-state index is 0.885. The van der Waals surface area contributed by atoms with Crippen LogP contribution >= 0.6 is 0 Å². The number of nitrogens with zero attached hydrogens (tertiary/aromatic N) is 1. The highest BCUT2D eigenvalue weighted by Gasteiger charge is 2.15. The van der Waals surface area contributed by atoms with Crippen molar-refractivity contribution in [1.82, 2.24) is 5.32 Å². The maximum atomic E-state index is 3.44. The van der Waals surface area contributed by atoms with Gasteiger partial charge in [0, 0.05) is 25.3 Å². The van der Waals surface area contributed by atoms with E-state index < -0.39 is 0 Å². The fraction of sp³-hybridized carbons (Fsp3) is 0.625. The van der Waals surface area contributed by atoms with Crippen LogP contribution in [0.3, 0.4) is 0 Å². The predicted molar refractivity (Wildman–Crippen MR) is 79.1 cm³/mol. The van der Waals surface area contributed by atoms with E-state index in [-0.39, 0.29) is 0 Å². The van der Waals surface area contributed by atoms with E-state index in [1.54, 1.807) is 0 Å². The van der Waals surface area contributed by atoms with Gasteiger partial charge < -0.3 is 10.2 Å². The van der Waals surface area contributed by atoms with E-state index >= 15 is 0 Å². The molecule has 2 nitrogen and oxygen atoms in total. The van der Waals surface area contributed by atoms with Gasteiger partial charge in [-0.1, -0.05) is 32.0 Å². The molecule has 1 unspecified atom stereocenters. The maximum absolute atomic E-state index is 3.44. The third-order valence-corrected chi connectivity index (χ3v) is 3.91. The van der Waals surface area contributed by atoms with Gasteiger partial charge in [-0.2, -0.15) is 0 Å². The molecule has 0 bridgehead atoms. The topological polar surface area (TPSA) is 15.3 Å². The molecular formula is C16H26N2. The van der Waals surface area contributed by atoms with E-state index in [1.807, 2.05) is 0 Å². The molecule has 1 aliphatic heterocycles. The Bertz CT molecular complexity index is 362. The summed E-state index contributed by atoms with van der Waals surface area (Å²) in [6, 6.07) is 8.85. The number of anilines is 1. The van der Waals surface area contributed by atoms with Gasteiger partial charge in [0.05, 0.1) is 0 Å². The predicted octanol–water partition coefficient (Wildman–Crippen LogP) is 3.42. The van der Waals surface area contributed by atoms with Crippen LogP contribution in [0.25, 0.3) is 0 Å². The smallest absolute Gasteiger partial charge is 0.0411 e. The highest BCUT2D eigenvalue weighted by atomic mass is 15.1. The monoisotopic (exact) mass is 246 g/mol. The highest BCUT2D eigenvalue weighted by Crippen LogP contribution is 2.25. The van der Waals surface area contributed by atoms with Gasteiger partial charge in [-0.25, -0.2) is 0 Å². The molecule has 0 amide bonds. The number of hydrogen-bond donors (Lipinski definition) is 1. The first-order valence-electron chi connectivity index (χ1n) is 7.35. The minimum absolute atomic E-state index is 0.885. The van der Waals surface area contributed by atoms with Gasteiger partial charge in [0.25, 0.3) is 0 Å². The molecule has 0 saturated carbocycles. The number of hydrogen-bond acceptors (Lipinski definition) is 2. The molecule has 0 radical (unpaired) electrons. The number of nitrogens with one attached hydrogen (secondary N) is 1. The average molecular weight is 246 g/mol. The zero-order valence-corrected chi connectivity index (χ0v) is 11.8. The second kappa shape index (κ2) is 6.79. The van der Waals surface area contributed by atoms with Crippen LogP contribution in [0.5, 0.6) is 0 Å². The molecule has 1 aromatic carbocycles. The first-order valence-corrected chi connectivity index (χ1v) is 7.35. The Morgan fingerprint density at radius 1 is 1.22 bits per heavy atom. The Kier molecular flexibility index (Phi) is 5.06. The van der Waals surface area contributed by atoms with Crippen molar-refractivity contribution in [1.29, 1.82) is 0 Å². The molecular weight excluding hydrogens is 220 g/mol. The Labute approximate surface area is 111 Å². The van der Waals surface area contributed by atoms with Crippen molar-refractivity contribution in [3.05, 3.63) is 29.8 Å². The molecule has 1 saturated heterocycles. The fourth-order valence-corrected chi connectivity index (χ4v) is 2.73. The quantitative estimate of drug-likeness (QED) is 0.875. The molecule has 1 atom stereocenters. The van der Waals surface area contributed by atoms with E-state index in [4.69, 9.17) is 0 Å². The first-order chi connectivity index (χ1) is 8.81. The molecule has 0 aromatic heterocycles. The van der Waals surface area contributed by atoms with Crippen LogP contribution in [0, 0.1) is 5.92 Å². The lowest BCUT2D eigenvalue weighted by Crippen LogP contribution is -2.26. The van der Waals surface area contributed by atoms with Crippen molar-refractivity contribution in [2.45, 2.75) is 39.7 Å². The molecule has 1 heterocycles. The van der Waals surface area contributed by atoms with Crippen molar-refractivity contribution < 1.29 is 0 Å². The van der Waals surface area contributed by atoms with Gasteiger partial charge in [-0.3, -0.25) is 0 Å². The number of benzene rings is 1. The largest absolute Gasteiger partial charge is 0.371 e. The summed E-state index contributed by atoms with van der Waals surface area (Å²) in [5.74, 6) is 0.885. The van der Waals surface area contributed by atoms with E-state index in [9.17, 15) is 0 Å². The maximum Gasteiger partial charge on any atom is 0.0411 e. The summed E-state index contributed by atoms with van der Waals surface area (Å²) >= 11 is 0. The lowest BCUT2D eigenvalue weighted by atomic mass is 10.0. The van der Waals surface area contributed by atoms with Crippen molar-refractivity contribution in [3.8, 4) is 0 Å². The van der Waals surface area contributed by atoms with Crippen LogP contribution in [0.4, 0.5) is 5.69 Å². The Balaban J connectivity index is 2.10. The van der Waals surface area contributed by atoms with Crippen molar-refractivity contribution in [2.24, 2.45) is 5.92 Å². The van der Waals surface area contributed by atoms with Gasteiger partial charge in [-0.15, -0.1) is 0 Å². The van der Waals surface area contributed by atoms with Crippen LogP contribution in [-0.2, 0) is 6.54 Å². The normalized spacial score (nSPS) is 20.8. The lowest BCUT2D eigenvalue weighted by Gasteiger charge is -2.25. The zero-order valence-electron chi connectivity index (χ0n) is 11.8. The molecule has 0 aliphatic carbocycles. The summed E-state index contributed by atoms with van der Waals surface area (Å²) in [5.41, 5.74) is 2.88. The second-order valence-corrected chi connectivity index (χ2v) is 5.43. The molecule has 1 fully saturated rings. The standard InChI is InChI=1S/C16H26N2/c1-3-17-13-15-8-4-5-9-16(15)18-11-6-7-14(2)10-12-18/h4-5,8-9,14,17H,3,6-7,10-13H2,1-2H3. The molecule has 1 aliphatic rings. The summed E-state index contributed by atoms with van der Waals surface area (Å²) in [5, 5.41) is 3.44. The molecule has 1 N–H and O–H groups in total. The molecule has 18 heavy (non-hydrogen) atoms. The van der Waals surface area contributed by atoms with E-state index in [2.05, 4.69) is 48.3 Å². The van der Waals surface area contributed by atoms with Crippen molar-refractivity contribution in [3.63, 3.8) is 0 Å².